The highest BCUT2D eigenvalue weighted by molar-refractivity contribution is 5.84. The molecule has 2 atom stereocenters. The van der Waals surface area contributed by atoms with Crippen molar-refractivity contribution in [2.45, 2.75) is 51.9 Å². The maximum Gasteiger partial charge on any atom is 0.241 e. The molecule has 0 aliphatic carbocycles. The molecule has 3 nitrogen and oxygen atoms in total. The second-order valence-electron chi connectivity index (χ2n) is 4.92. The van der Waals surface area contributed by atoms with E-state index in [1.165, 1.54) is 5.56 Å². The Morgan fingerprint density at radius 2 is 1.83 bits per heavy atom. The Bertz CT molecular complexity index is 400. The highest BCUT2D eigenvalue weighted by Crippen LogP contribution is 2.29. The van der Waals surface area contributed by atoms with Crippen molar-refractivity contribution < 1.29 is 4.79 Å². The van der Waals surface area contributed by atoms with Crippen LogP contribution in [0.3, 0.4) is 0 Å². The summed E-state index contributed by atoms with van der Waals surface area (Å²) in [6, 6.07) is 10.4. The number of nitrogens with one attached hydrogen (secondary N) is 1. The quantitative estimate of drug-likeness (QED) is 0.886. The number of amides is 1. The van der Waals surface area contributed by atoms with E-state index < -0.39 is 0 Å². The van der Waals surface area contributed by atoms with Gasteiger partial charge in [-0.25, -0.2) is 0 Å². The number of rotatable bonds is 4. The minimum absolute atomic E-state index is 0.0265. The summed E-state index contributed by atoms with van der Waals surface area (Å²) in [4.78, 5) is 14.3. The Morgan fingerprint density at radius 3 is 2.39 bits per heavy atom. The van der Waals surface area contributed by atoms with Crippen LogP contribution in [0.2, 0.25) is 0 Å². The summed E-state index contributed by atoms with van der Waals surface area (Å²) in [6.45, 7) is 6.24. The van der Waals surface area contributed by atoms with Gasteiger partial charge in [0.15, 0.2) is 0 Å². The van der Waals surface area contributed by atoms with Crippen molar-refractivity contribution in [2.75, 3.05) is 0 Å². The summed E-state index contributed by atoms with van der Waals surface area (Å²) in [7, 11) is 0. The van der Waals surface area contributed by atoms with Gasteiger partial charge >= 0.3 is 0 Å². The highest BCUT2D eigenvalue weighted by atomic mass is 16.2. The van der Waals surface area contributed by atoms with E-state index in [-0.39, 0.29) is 18.1 Å². The second-order valence-corrected chi connectivity index (χ2v) is 4.92. The fourth-order valence-corrected chi connectivity index (χ4v) is 2.70. The van der Waals surface area contributed by atoms with E-state index in [1.807, 2.05) is 30.0 Å². The van der Waals surface area contributed by atoms with Crippen molar-refractivity contribution >= 4 is 5.91 Å². The molecular weight excluding hydrogens is 224 g/mol. The molecule has 2 rings (SSSR count). The maximum atomic E-state index is 12.3. The summed E-state index contributed by atoms with van der Waals surface area (Å²) < 4.78 is 0. The highest BCUT2D eigenvalue weighted by Gasteiger charge is 2.39. The first-order chi connectivity index (χ1) is 8.69. The van der Waals surface area contributed by atoms with Gasteiger partial charge in [-0.2, -0.15) is 0 Å². The lowest BCUT2D eigenvalue weighted by molar-refractivity contribution is -0.132. The predicted octanol–water partition coefficient (Wildman–Crippen LogP) is 2.69. The van der Waals surface area contributed by atoms with E-state index in [1.54, 1.807) is 0 Å². The molecule has 1 N–H and O–H groups in total. The maximum absolute atomic E-state index is 12.3. The topological polar surface area (TPSA) is 32.3 Å². The van der Waals surface area contributed by atoms with E-state index >= 15 is 0 Å². The van der Waals surface area contributed by atoms with Gasteiger partial charge in [0.1, 0.15) is 6.17 Å². The van der Waals surface area contributed by atoms with Gasteiger partial charge in [-0.15, -0.1) is 0 Å². The second kappa shape index (κ2) is 5.53. The molecule has 1 aliphatic heterocycles. The molecule has 1 saturated heterocycles. The Labute approximate surface area is 109 Å². The molecule has 1 aromatic rings. The van der Waals surface area contributed by atoms with Crippen molar-refractivity contribution in [1.82, 2.24) is 10.2 Å². The van der Waals surface area contributed by atoms with Crippen molar-refractivity contribution in [3.63, 3.8) is 0 Å². The molecule has 18 heavy (non-hydrogen) atoms. The molecule has 2 unspecified atom stereocenters. The molecule has 0 radical (unpaired) electrons. The lowest BCUT2D eigenvalue weighted by atomic mass is 10.1. The minimum atomic E-state index is -0.0872. The number of carbonyl (C=O) groups is 1. The van der Waals surface area contributed by atoms with Gasteiger partial charge in [-0.1, -0.05) is 44.2 Å². The predicted molar refractivity (Wildman–Crippen MR) is 73.0 cm³/mol. The first kappa shape index (κ1) is 13.1. The van der Waals surface area contributed by atoms with Crippen LogP contribution in [0.25, 0.3) is 0 Å². The van der Waals surface area contributed by atoms with E-state index in [4.69, 9.17) is 0 Å². The van der Waals surface area contributed by atoms with E-state index in [0.29, 0.717) is 6.04 Å². The van der Waals surface area contributed by atoms with Gasteiger partial charge in [0.25, 0.3) is 0 Å². The molecule has 1 amide bonds. The number of benzene rings is 1. The molecule has 0 bridgehead atoms. The normalized spacial score (nSPS) is 24.0. The average molecular weight is 246 g/mol. The van der Waals surface area contributed by atoms with Crippen molar-refractivity contribution in [3.05, 3.63) is 35.9 Å². The third-order valence-corrected chi connectivity index (χ3v) is 3.76. The standard InChI is InChI=1S/C15H22N2O/c1-4-13(5-2)17-14(16-11(3)15(17)18)12-9-7-6-8-10-12/h6-11,13-14,16H,4-5H2,1-3H3. The Kier molecular flexibility index (Phi) is 4.02. The molecule has 98 valence electrons. The van der Waals surface area contributed by atoms with Crippen molar-refractivity contribution in [1.29, 1.82) is 0 Å². The van der Waals surface area contributed by atoms with Crippen LogP contribution >= 0.6 is 0 Å². The molecule has 1 heterocycles. The van der Waals surface area contributed by atoms with Crippen LogP contribution < -0.4 is 5.32 Å². The van der Waals surface area contributed by atoms with Gasteiger partial charge in [0, 0.05) is 6.04 Å². The molecule has 1 fully saturated rings. The van der Waals surface area contributed by atoms with Crippen LogP contribution in [-0.2, 0) is 4.79 Å². The summed E-state index contributed by atoms with van der Waals surface area (Å²) >= 11 is 0. The zero-order chi connectivity index (χ0) is 13.1. The van der Waals surface area contributed by atoms with Crippen LogP contribution in [0, 0.1) is 0 Å². The van der Waals surface area contributed by atoms with Crippen LogP contribution in [0.4, 0.5) is 0 Å². The molecular formula is C15H22N2O. The minimum Gasteiger partial charge on any atom is -0.319 e. The summed E-state index contributed by atoms with van der Waals surface area (Å²) in [5, 5.41) is 3.40. The van der Waals surface area contributed by atoms with E-state index in [0.717, 1.165) is 12.8 Å². The van der Waals surface area contributed by atoms with Gasteiger partial charge in [0.05, 0.1) is 6.04 Å². The largest absolute Gasteiger partial charge is 0.319 e. The Hall–Kier alpha value is -1.35. The number of nitrogens with zero attached hydrogens (tertiary/aromatic N) is 1. The zero-order valence-corrected chi connectivity index (χ0v) is 11.4. The van der Waals surface area contributed by atoms with E-state index in [2.05, 4.69) is 31.3 Å². The van der Waals surface area contributed by atoms with Gasteiger partial charge in [-0.3, -0.25) is 10.1 Å². The lowest BCUT2D eigenvalue weighted by Crippen LogP contribution is -2.39. The van der Waals surface area contributed by atoms with E-state index in [9.17, 15) is 4.79 Å². The van der Waals surface area contributed by atoms with Crippen LogP contribution in [0.1, 0.15) is 45.3 Å². The molecule has 0 spiro atoms. The molecule has 0 saturated carbocycles. The Morgan fingerprint density at radius 1 is 1.22 bits per heavy atom. The molecule has 1 aromatic carbocycles. The first-order valence-electron chi connectivity index (χ1n) is 6.82. The summed E-state index contributed by atoms with van der Waals surface area (Å²) in [5.41, 5.74) is 1.17. The van der Waals surface area contributed by atoms with Crippen LogP contribution in [0.15, 0.2) is 30.3 Å². The van der Waals surface area contributed by atoms with Gasteiger partial charge in [0.2, 0.25) is 5.91 Å². The number of hydrogen-bond acceptors (Lipinski definition) is 2. The summed E-state index contributed by atoms with van der Waals surface area (Å²) in [5.74, 6) is 0.220. The van der Waals surface area contributed by atoms with Crippen LogP contribution in [0.5, 0.6) is 0 Å². The van der Waals surface area contributed by atoms with Crippen LogP contribution in [-0.4, -0.2) is 22.9 Å². The average Bonchev–Trinajstić information content (AvgIpc) is 2.70. The molecule has 3 heteroatoms. The fourth-order valence-electron chi connectivity index (χ4n) is 2.70. The number of hydrogen-bond donors (Lipinski definition) is 1. The van der Waals surface area contributed by atoms with Gasteiger partial charge in [-0.05, 0) is 25.3 Å². The molecule has 1 aliphatic rings. The Balaban J connectivity index is 2.31. The first-order valence-corrected chi connectivity index (χ1v) is 6.82. The fraction of sp³-hybridized carbons (Fsp3) is 0.533. The van der Waals surface area contributed by atoms with Crippen molar-refractivity contribution in [2.24, 2.45) is 0 Å². The van der Waals surface area contributed by atoms with Gasteiger partial charge < -0.3 is 4.90 Å². The summed E-state index contributed by atoms with van der Waals surface area (Å²) in [6.07, 6.45) is 2.03. The number of carbonyl (C=O) groups excluding carboxylic acids is 1. The third-order valence-electron chi connectivity index (χ3n) is 3.76. The smallest absolute Gasteiger partial charge is 0.241 e. The third kappa shape index (κ3) is 2.27. The SMILES string of the molecule is CCC(CC)N1C(=O)C(C)NC1c1ccccc1. The van der Waals surface area contributed by atoms with Crippen molar-refractivity contribution in [3.8, 4) is 0 Å². The molecule has 0 aromatic heterocycles. The lowest BCUT2D eigenvalue weighted by Gasteiger charge is -2.31. The zero-order valence-electron chi connectivity index (χ0n) is 11.4. The monoisotopic (exact) mass is 246 g/mol.